The SMILES string of the molecule is Clc1nc(-c2ccccc2)c2c(n1)oc1ccccc12.c1ccc(-c2nc(-n3c4ccccc4c4c5ccccc5c5sc6ccccc6c5c43)nc3oc4ccccc4c23)cc1.c1ccc2c(c1)[nH]c1c2c2ccccc2c2sc3ccccc3c12. The summed E-state index contributed by atoms with van der Waals surface area (Å²) >= 11 is 9.77. The van der Waals surface area contributed by atoms with E-state index in [9.17, 15) is 0 Å². The molecule has 0 unspecified atom stereocenters. The summed E-state index contributed by atoms with van der Waals surface area (Å²) < 4.78 is 19.7. The topological polar surface area (TPSA) is 98.6 Å². The van der Waals surface area contributed by atoms with Crippen LogP contribution in [-0.4, -0.2) is 29.5 Å². The molecule has 8 aromatic heterocycles. The van der Waals surface area contributed by atoms with E-state index in [-0.39, 0.29) is 5.28 Å². The fourth-order valence-electron chi connectivity index (χ4n) is 13.2. The molecule has 8 heterocycles. The third-order valence-electron chi connectivity index (χ3n) is 16.9. The van der Waals surface area contributed by atoms with E-state index in [0.717, 1.165) is 66.3 Å². The summed E-state index contributed by atoms with van der Waals surface area (Å²) in [6.45, 7) is 0. The second kappa shape index (κ2) is 19.7. The van der Waals surface area contributed by atoms with Crippen molar-refractivity contribution in [2.45, 2.75) is 0 Å². The van der Waals surface area contributed by atoms with Gasteiger partial charge in [-0.3, -0.25) is 4.57 Å². The van der Waals surface area contributed by atoms with E-state index in [1.54, 1.807) is 0 Å². The molecule has 0 amide bonds. The highest BCUT2D eigenvalue weighted by Gasteiger charge is 2.26. The number of nitrogens with zero attached hydrogens (tertiary/aromatic N) is 5. The van der Waals surface area contributed by atoms with Crippen molar-refractivity contribution in [3.8, 4) is 28.5 Å². The van der Waals surface area contributed by atoms with Gasteiger partial charge < -0.3 is 13.8 Å². The molecule has 0 radical (unpaired) electrons. The molecule has 0 fully saturated rings. The molecule has 20 aromatic rings. The van der Waals surface area contributed by atoms with Gasteiger partial charge in [0.25, 0.3) is 0 Å². The Labute approximate surface area is 507 Å². The van der Waals surface area contributed by atoms with Gasteiger partial charge in [-0.05, 0) is 58.8 Å². The number of aromatic nitrogens is 6. The van der Waals surface area contributed by atoms with Gasteiger partial charge in [-0.1, -0.05) is 218 Å². The first-order chi connectivity index (χ1) is 43.1. The molecule has 0 aliphatic heterocycles. The molecule has 0 atom stereocenters. The lowest BCUT2D eigenvalue weighted by molar-refractivity contribution is 0.651. The van der Waals surface area contributed by atoms with Crippen LogP contribution in [0.25, 0.3) is 178 Å². The molecule has 20 rings (SSSR count). The van der Waals surface area contributed by atoms with Gasteiger partial charge in [0, 0.05) is 100 Å². The lowest BCUT2D eigenvalue weighted by Crippen LogP contribution is -2.03. The van der Waals surface area contributed by atoms with Crippen LogP contribution in [0, 0.1) is 0 Å². The van der Waals surface area contributed by atoms with Crippen molar-refractivity contribution >= 4 is 184 Å². The minimum Gasteiger partial charge on any atom is -0.438 e. The van der Waals surface area contributed by atoms with E-state index in [4.69, 9.17) is 30.4 Å². The number of rotatable bonds is 3. The zero-order chi connectivity index (χ0) is 57.3. The average Bonchev–Trinajstić information content (AvgIpc) is 1.59. The van der Waals surface area contributed by atoms with Crippen LogP contribution in [0.15, 0.2) is 264 Å². The van der Waals surface area contributed by atoms with Gasteiger partial charge in [0.05, 0.1) is 38.7 Å². The molecular formula is C76H43ClN6O2S2. The summed E-state index contributed by atoms with van der Waals surface area (Å²) in [5.74, 6) is 0.600. The number of nitrogens with one attached hydrogen (secondary N) is 1. The molecule has 8 nitrogen and oxygen atoms in total. The number of thiophene rings is 2. The van der Waals surface area contributed by atoms with Gasteiger partial charge in [0.1, 0.15) is 11.2 Å². The summed E-state index contributed by atoms with van der Waals surface area (Å²) in [5, 5.41) is 19.5. The Kier molecular flexibility index (Phi) is 11.2. The number of furan rings is 2. The first kappa shape index (κ1) is 49.7. The normalized spacial score (nSPS) is 12.0. The van der Waals surface area contributed by atoms with Crippen molar-refractivity contribution < 1.29 is 8.83 Å². The number of para-hydroxylation sites is 4. The fourth-order valence-corrected chi connectivity index (χ4v) is 15.9. The van der Waals surface area contributed by atoms with Crippen molar-refractivity contribution in [2.24, 2.45) is 0 Å². The molecule has 0 saturated heterocycles. The molecule has 0 saturated carbocycles. The molecule has 408 valence electrons. The van der Waals surface area contributed by atoms with Crippen LogP contribution in [0.2, 0.25) is 5.28 Å². The highest BCUT2D eigenvalue weighted by atomic mass is 35.5. The summed E-state index contributed by atoms with van der Waals surface area (Å²) in [5.41, 5.74) is 11.1. The molecular weight excluding hydrogens is 1130 g/mol. The van der Waals surface area contributed by atoms with Gasteiger partial charge in [-0.25, -0.2) is 9.97 Å². The third-order valence-corrected chi connectivity index (χ3v) is 19.5. The van der Waals surface area contributed by atoms with Crippen LogP contribution in [0.3, 0.4) is 0 Å². The predicted molar refractivity (Wildman–Crippen MR) is 365 cm³/mol. The maximum absolute atomic E-state index is 6.43. The van der Waals surface area contributed by atoms with Crippen LogP contribution in [-0.2, 0) is 0 Å². The van der Waals surface area contributed by atoms with Crippen molar-refractivity contribution in [2.75, 3.05) is 0 Å². The smallest absolute Gasteiger partial charge is 0.238 e. The molecule has 12 aromatic carbocycles. The number of hydrogen-bond acceptors (Lipinski definition) is 8. The molecule has 87 heavy (non-hydrogen) atoms. The van der Waals surface area contributed by atoms with Crippen molar-refractivity contribution in [1.82, 2.24) is 29.5 Å². The highest BCUT2D eigenvalue weighted by Crippen LogP contribution is 2.49. The summed E-state index contributed by atoms with van der Waals surface area (Å²) in [6, 6.07) is 88.5. The number of hydrogen-bond donors (Lipinski definition) is 1. The Hall–Kier alpha value is -10.8. The monoisotopic (exact) mass is 1170 g/mol. The van der Waals surface area contributed by atoms with Crippen LogP contribution in [0.5, 0.6) is 0 Å². The highest BCUT2D eigenvalue weighted by molar-refractivity contribution is 7.27. The molecule has 0 aliphatic carbocycles. The first-order valence-electron chi connectivity index (χ1n) is 28.7. The number of H-pyrrole nitrogens is 1. The quantitative estimate of drug-likeness (QED) is 0.177. The fraction of sp³-hybridized carbons (Fsp3) is 0. The summed E-state index contributed by atoms with van der Waals surface area (Å²) in [4.78, 5) is 22.8. The zero-order valence-corrected chi connectivity index (χ0v) is 48.4. The van der Waals surface area contributed by atoms with E-state index >= 15 is 0 Å². The second-order valence-electron chi connectivity index (χ2n) is 21.7. The Balaban J connectivity index is 0.000000109. The number of benzene rings is 12. The number of fused-ring (bicyclic) bond motifs is 26. The van der Waals surface area contributed by atoms with Crippen molar-refractivity contribution in [1.29, 1.82) is 0 Å². The van der Waals surface area contributed by atoms with Gasteiger partial charge in [-0.15, -0.1) is 22.7 Å². The molecule has 11 heteroatoms. The Morgan fingerprint density at radius 3 is 1.41 bits per heavy atom. The molecule has 0 bridgehead atoms. The minimum atomic E-state index is 0.190. The molecule has 1 N–H and O–H groups in total. The lowest BCUT2D eigenvalue weighted by atomic mass is 10.00. The number of aromatic amines is 1. The third kappa shape index (κ3) is 7.68. The van der Waals surface area contributed by atoms with E-state index in [0.29, 0.717) is 17.4 Å². The van der Waals surface area contributed by atoms with Crippen LogP contribution < -0.4 is 0 Å². The van der Waals surface area contributed by atoms with E-state index in [2.05, 4.69) is 195 Å². The standard InChI is InChI=1S/C38H21N3OS.C22H13NS.C16H9ClN2O/c1-2-12-22(13-3-1)34-32-26-17-7-10-20-29(26)42-37(32)40-38(39-34)41-28-19-9-6-16-25(28)31-23-14-4-5-15-24(23)36-33(35(31)41)27-18-8-11-21-30(27)43-36;1-2-8-14-13(7-1)19-15-9-3-5-11-17(15)23-21(19)20-16-10-4-6-12-18(16)24-22(14)20;17-16-18-14(10-6-2-1-3-7-10)13-11-8-4-5-9-12(11)20-15(13)19-16/h1-21H;1-12,23H;1-9H. The van der Waals surface area contributed by atoms with Gasteiger partial charge in [0.2, 0.25) is 22.7 Å². The Bertz CT molecular complexity index is 6180. The maximum atomic E-state index is 6.43. The Morgan fingerprint density at radius 2 is 0.793 bits per heavy atom. The van der Waals surface area contributed by atoms with Crippen molar-refractivity contribution in [3.63, 3.8) is 0 Å². The second-order valence-corrected chi connectivity index (χ2v) is 24.1. The largest absolute Gasteiger partial charge is 0.438 e. The van der Waals surface area contributed by atoms with Crippen LogP contribution in [0.4, 0.5) is 0 Å². The van der Waals surface area contributed by atoms with Crippen LogP contribution >= 0.6 is 34.3 Å². The lowest BCUT2D eigenvalue weighted by Gasteiger charge is -2.11. The minimum absolute atomic E-state index is 0.190. The van der Waals surface area contributed by atoms with E-state index < -0.39 is 0 Å². The van der Waals surface area contributed by atoms with Crippen LogP contribution in [0.1, 0.15) is 0 Å². The van der Waals surface area contributed by atoms with Gasteiger partial charge in [0.15, 0.2) is 0 Å². The first-order valence-corrected chi connectivity index (χ1v) is 30.7. The number of halogens is 1. The zero-order valence-electron chi connectivity index (χ0n) is 46.0. The van der Waals surface area contributed by atoms with Gasteiger partial charge in [-0.2, -0.15) is 9.97 Å². The molecule has 0 spiro atoms. The predicted octanol–water partition coefficient (Wildman–Crippen LogP) is 22.2. The Morgan fingerprint density at radius 1 is 0.345 bits per heavy atom. The van der Waals surface area contributed by atoms with E-state index in [1.165, 1.54) is 94.5 Å². The average molecular weight is 1170 g/mol. The maximum Gasteiger partial charge on any atom is 0.238 e. The van der Waals surface area contributed by atoms with E-state index in [1.807, 2.05) is 102 Å². The van der Waals surface area contributed by atoms with Crippen molar-refractivity contribution in [3.05, 3.63) is 260 Å². The van der Waals surface area contributed by atoms with Gasteiger partial charge >= 0.3 is 0 Å². The molecule has 0 aliphatic rings. The summed E-state index contributed by atoms with van der Waals surface area (Å²) in [6.07, 6.45) is 0. The summed E-state index contributed by atoms with van der Waals surface area (Å²) in [7, 11) is 0.